The molecule has 0 aliphatic rings. The Kier molecular flexibility index (Phi) is 4.86. The number of hydrogen-bond donors (Lipinski definition) is 1. The first-order valence-electron chi connectivity index (χ1n) is 5.54. The van der Waals surface area contributed by atoms with Gasteiger partial charge >= 0.3 is 0 Å². The molecule has 0 aromatic heterocycles. The molecule has 0 bridgehead atoms. The molecule has 0 radical (unpaired) electrons. The van der Waals surface area contributed by atoms with E-state index in [1.54, 1.807) is 18.2 Å². The van der Waals surface area contributed by atoms with Gasteiger partial charge in [-0.1, -0.05) is 51.3 Å². The molecule has 0 unspecified atom stereocenters. The van der Waals surface area contributed by atoms with Crippen molar-refractivity contribution in [2.75, 3.05) is 0 Å². The lowest BCUT2D eigenvalue weighted by molar-refractivity contribution is 0.0951. The van der Waals surface area contributed by atoms with E-state index in [1.807, 2.05) is 24.3 Å². The Balaban J connectivity index is 2.03. The maximum Gasteiger partial charge on any atom is 0.253 e. The van der Waals surface area contributed by atoms with E-state index in [1.165, 1.54) is 0 Å². The van der Waals surface area contributed by atoms with Crippen LogP contribution in [-0.4, -0.2) is 5.91 Å². The third-order valence-corrected chi connectivity index (χ3v) is 3.62. The lowest BCUT2D eigenvalue weighted by Gasteiger charge is -2.07. The van der Waals surface area contributed by atoms with Crippen LogP contribution in [-0.2, 0) is 6.54 Å². The highest BCUT2D eigenvalue weighted by Gasteiger charge is 2.10. The minimum absolute atomic E-state index is 0.218. The maximum atomic E-state index is 12.0. The topological polar surface area (TPSA) is 29.1 Å². The number of carbonyl (C=O) groups is 1. The molecule has 2 aromatic rings. The Morgan fingerprint density at radius 3 is 2.42 bits per heavy atom. The van der Waals surface area contributed by atoms with E-state index < -0.39 is 0 Å². The van der Waals surface area contributed by atoms with Gasteiger partial charge in [0, 0.05) is 16.0 Å². The second-order valence-corrected chi connectivity index (χ2v) is 5.69. The van der Waals surface area contributed by atoms with E-state index in [4.69, 9.17) is 23.2 Å². The Morgan fingerprint density at radius 2 is 1.79 bits per heavy atom. The number of hydrogen-bond acceptors (Lipinski definition) is 1. The van der Waals surface area contributed by atoms with Gasteiger partial charge in [0.15, 0.2) is 0 Å². The van der Waals surface area contributed by atoms with Crippen LogP contribution in [0.3, 0.4) is 0 Å². The van der Waals surface area contributed by atoms with Gasteiger partial charge in [-0.3, -0.25) is 4.79 Å². The molecule has 0 saturated carbocycles. The van der Waals surface area contributed by atoms with Crippen LogP contribution < -0.4 is 5.32 Å². The van der Waals surface area contributed by atoms with Crippen molar-refractivity contribution < 1.29 is 4.79 Å². The fourth-order valence-corrected chi connectivity index (χ4v) is 2.31. The third-order valence-electron chi connectivity index (χ3n) is 2.54. The maximum absolute atomic E-state index is 12.0. The van der Waals surface area contributed by atoms with Crippen LogP contribution in [0, 0.1) is 0 Å². The van der Waals surface area contributed by atoms with Crippen LogP contribution in [0.5, 0.6) is 0 Å². The van der Waals surface area contributed by atoms with Gasteiger partial charge in [-0.25, -0.2) is 0 Å². The number of nitrogens with one attached hydrogen (secondary N) is 1. The summed E-state index contributed by atoms with van der Waals surface area (Å²) >= 11 is 15.1. The minimum atomic E-state index is -0.218. The molecule has 2 aromatic carbocycles. The number of benzene rings is 2. The summed E-state index contributed by atoms with van der Waals surface area (Å²) in [6, 6.07) is 12.5. The van der Waals surface area contributed by atoms with E-state index in [9.17, 15) is 4.79 Å². The first-order chi connectivity index (χ1) is 9.06. The standard InChI is InChI=1S/C14H10BrCl2NO/c15-10-3-1-9(2-4-10)8-18-14(19)12-6-5-11(16)7-13(12)17/h1-7H,8H2,(H,18,19). The summed E-state index contributed by atoms with van der Waals surface area (Å²) in [6.45, 7) is 0.449. The molecular weight excluding hydrogens is 349 g/mol. The molecule has 0 aliphatic carbocycles. The molecule has 0 heterocycles. The lowest BCUT2D eigenvalue weighted by Crippen LogP contribution is -2.23. The Morgan fingerprint density at radius 1 is 1.11 bits per heavy atom. The molecule has 1 amide bonds. The summed E-state index contributed by atoms with van der Waals surface area (Å²) in [4.78, 5) is 12.0. The van der Waals surface area contributed by atoms with Crippen molar-refractivity contribution in [1.82, 2.24) is 5.32 Å². The average Bonchev–Trinajstić information content (AvgIpc) is 2.37. The van der Waals surface area contributed by atoms with Gasteiger partial charge in [0.2, 0.25) is 0 Å². The van der Waals surface area contributed by atoms with Crippen LogP contribution in [0.25, 0.3) is 0 Å². The number of carbonyl (C=O) groups excluding carboxylic acids is 1. The van der Waals surface area contributed by atoms with Gasteiger partial charge in [-0.2, -0.15) is 0 Å². The van der Waals surface area contributed by atoms with Crippen LogP contribution in [0.1, 0.15) is 15.9 Å². The molecule has 2 rings (SSSR count). The zero-order chi connectivity index (χ0) is 13.8. The molecule has 1 N–H and O–H groups in total. The average molecular weight is 359 g/mol. The number of amides is 1. The first kappa shape index (κ1) is 14.4. The highest BCUT2D eigenvalue weighted by atomic mass is 79.9. The normalized spacial score (nSPS) is 10.3. The number of rotatable bonds is 3. The molecule has 0 atom stereocenters. The summed E-state index contributed by atoms with van der Waals surface area (Å²) in [7, 11) is 0. The van der Waals surface area contributed by atoms with Crippen LogP contribution in [0.2, 0.25) is 10.0 Å². The van der Waals surface area contributed by atoms with Crippen molar-refractivity contribution in [3.63, 3.8) is 0 Å². The summed E-state index contributed by atoms with van der Waals surface area (Å²) in [6.07, 6.45) is 0. The minimum Gasteiger partial charge on any atom is -0.348 e. The fourth-order valence-electron chi connectivity index (χ4n) is 1.55. The molecular formula is C14H10BrCl2NO. The molecule has 0 saturated heterocycles. The third kappa shape index (κ3) is 3.96. The first-order valence-corrected chi connectivity index (χ1v) is 7.09. The summed E-state index contributed by atoms with van der Waals surface area (Å²) in [5.41, 5.74) is 1.44. The Bertz CT molecular complexity index is 599. The van der Waals surface area contributed by atoms with Crippen molar-refractivity contribution in [2.24, 2.45) is 0 Å². The van der Waals surface area contributed by atoms with Gasteiger partial charge < -0.3 is 5.32 Å². The van der Waals surface area contributed by atoms with E-state index in [-0.39, 0.29) is 5.91 Å². The highest BCUT2D eigenvalue weighted by molar-refractivity contribution is 9.10. The zero-order valence-electron chi connectivity index (χ0n) is 9.79. The smallest absolute Gasteiger partial charge is 0.253 e. The molecule has 0 fully saturated rings. The van der Waals surface area contributed by atoms with Crippen LogP contribution in [0.4, 0.5) is 0 Å². The van der Waals surface area contributed by atoms with Crippen LogP contribution in [0.15, 0.2) is 46.9 Å². The zero-order valence-corrected chi connectivity index (χ0v) is 12.9. The Hall–Kier alpha value is -1.03. The predicted octanol–water partition coefficient (Wildman–Crippen LogP) is 4.69. The molecule has 19 heavy (non-hydrogen) atoms. The molecule has 2 nitrogen and oxygen atoms in total. The van der Waals surface area contributed by atoms with Crippen molar-refractivity contribution in [2.45, 2.75) is 6.54 Å². The quantitative estimate of drug-likeness (QED) is 0.847. The molecule has 0 spiro atoms. The molecule has 0 aliphatic heterocycles. The van der Waals surface area contributed by atoms with Crippen molar-refractivity contribution in [3.05, 3.63) is 68.1 Å². The predicted molar refractivity (Wildman–Crippen MR) is 81.8 cm³/mol. The van der Waals surface area contributed by atoms with Gasteiger partial charge in [-0.15, -0.1) is 0 Å². The fraction of sp³-hybridized carbons (Fsp3) is 0.0714. The van der Waals surface area contributed by atoms with Crippen molar-refractivity contribution in [3.8, 4) is 0 Å². The van der Waals surface area contributed by atoms with Gasteiger partial charge in [0.25, 0.3) is 5.91 Å². The number of halogens is 3. The van der Waals surface area contributed by atoms with Crippen molar-refractivity contribution in [1.29, 1.82) is 0 Å². The van der Waals surface area contributed by atoms with E-state index in [0.717, 1.165) is 10.0 Å². The summed E-state index contributed by atoms with van der Waals surface area (Å²) in [5.74, 6) is -0.218. The lowest BCUT2D eigenvalue weighted by atomic mass is 10.2. The summed E-state index contributed by atoms with van der Waals surface area (Å²) < 4.78 is 1.00. The highest BCUT2D eigenvalue weighted by Crippen LogP contribution is 2.21. The Labute approximate surface area is 129 Å². The molecule has 98 valence electrons. The monoisotopic (exact) mass is 357 g/mol. The van der Waals surface area contributed by atoms with Gasteiger partial charge in [-0.05, 0) is 35.9 Å². The van der Waals surface area contributed by atoms with E-state index in [0.29, 0.717) is 22.2 Å². The van der Waals surface area contributed by atoms with Gasteiger partial charge in [0.1, 0.15) is 0 Å². The van der Waals surface area contributed by atoms with E-state index >= 15 is 0 Å². The summed E-state index contributed by atoms with van der Waals surface area (Å²) in [5, 5.41) is 3.67. The largest absolute Gasteiger partial charge is 0.348 e. The second-order valence-electron chi connectivity index (χ2n) is 3.93. The molecule has 5 heteroatoms. The van der Waals surface area contributed by atoms with Crippen LogP contribution >= 0.6 is 39.1 Å². The second kappa shape index (κ2) is 6.42. The van der Waals surface area contributed by atoms with Crippen molar-refractivity contribution >= 4 is 45.0 Å². The van der Waals surface area contributed by atoms with Gasteiger partial charge in [0.05, 0.1) is 10.6 Å². The van der Waals surface area contributed by atoms with E-state index in [2.05, 4.69) is 21.2 Å². The SMILES string of the molecule is O=C(NCc1ccc(Br)cc1)c1ccc(Cl)cc1Cl.